The molecule has 1 aromatic rings. The maximum atomic E-state index is 10.2. The molecule has 0 aliphatic heterocycles. The van der Waals surface area contributed by atoms with E-state index in [-0.39, 0.29) is 6.10 Å². The van der Waals surface area contributed by atoms with Gasteiger partial charge in [-0.1, -0.05) is 89.7 Å². The van der Waals surface area contributed by atoms with Crippen molar-refractivity contribution in [3.8, 4) is 5.75 Å². The molecule has 1 rings (SSSR count). The summed E-state index contributed by atoms with van der Waals surface area (Å²) in [5.74, 6) is 0.843. The summed E-state index contributed by atoms with van der Waals surface area (Å²) in [6, 6.07) is 7.75. The molecular formula is C21H36O2. The van der Waals surface area contributed by atoms with E-state index in [0.29, 0.717) is 0 Å². The third-order valence-electron chi connectivity index (χ3n) is 4.58. The van der Waals surface area contributed by atoms with Gasteiger partial charge in [-0.3, -0.25) is 0 Å². The van der Waals surface area contributed by atoms with Crippen LogP contribution in [0.1, 0.15) is 95.6 Å². The molecule has 0 saturated heterocycles. The molecule has 0 aliphatic carbocycles. The first-order valence-electron chi connectivity index (χ1n) is 9.60. The molecule has 1 atom stereocenters. The van der Waals surface area contributed by atoms with Crippen molar-refractivity contribution in [1.82, 2.24) is 0 Å². The Bertz CT molecular complexity index is 372. The molecule has 0 bridgehead atoms. The zero-order valence-electron chi connectivity index (χ0n) is 15.2. The highest BCUT2D eigenvalue weighted by atomic mass is 16.5. The number of rotatable bonds is 14. The van der Waals surface area contributed by atoms with Crippen LogP contribution in [-0.4, -0.2) is 12.2 Å². The Kier molecular flexibility index (Phi) is 11.7. The molecule has 0 heterocycles. The quantitative estimate of drug-likeness (QED) is 0.400. The Morgan fingerprint density at radius 1 is 0.783 bits per heavy atom. The number of aliphatic hydroxyl groups excluding tert-OH is 1. The zero-order chi connectivity index (χ0) is 16.8. The highest BCUT2D eigenvalue weighted by Gasteiger charge is 2.07. The summed E-state index contributed by atoms with van der Waals surface area (Å²) in [5.41, 5.74) is 0.998. The predicted octanol–water partition coefficient (Wildman–Crippen LogP) is 6.43. The second kappa shape index (κ2) is 13.4. The summed E-state index contributed by atoms with van der Waals surface area (Å²) in [7, 11) is 1.66. The van der Waals surface area contributed by atoms with Crippen molar-refractivity contribution in [2.75, 3.05) is 7.11 Å². The molecule has 132 valence electrons. The number of ether oxygens (including phenoxy) is 1. The fraction of sp³-hybridized carbons (Fsp3) is 0.714. The normalized spacial score (nSPS) is 12.3. The Labute approximate surface area is 143 Å². The van der Waals surface area contributed by atoms with Gasteiger partial charge >= 0.3 is 0 Å². The number of hydrogen-bond donors (Lipinski definition) is 1. The minimum absolute atomic E-state index is 0.334. The van der Waals surface area contributed by atoms with Gasteiger partial charge in [0, 0.05) is 0 Å². The molecule has 2 nitrogen and oxygen atoms in total. The minimum atomic E-state index is -0.334. The summed E-state index contributed by atoms with van der Waals surface area (Å²) in [6.07, 6.45) is 15.3. The lowest BCUT2D eigenvalue weighted by atomic mass is 10.0. The van der Waals surface area contributed by atoms with Crippen LogP contribution in [0.4, 0.5) is 0 Å². The van der Waals surface area contributed by atoms with Crippen LogP contribution in [-0.2, 0) is 0 Å². The van der Waals surface area contributed by atoms with E-state index in [9.17, 15) is 5.11 Å². The van der Waals surface area contributed by atoms with Crippen molar-refractivity contribution >= 4 is 0 Å². The standard InChI is InChI=1S/C21H36O2/c1-3-4-5-6-7-8-9-10-11-12-13-14-21(22)19-15-17-20(23-2)18-16-19/h15-18,21-22H,3-14H2,1-2H3/t21-/m1/s1. The molecule has 0 fully saturated rings. The molecule has 1 N–H and O–H groups in total. The Balaban J connectivity index is 1.95. The summed E-state index contributed by atoms with van der Waals surface area (Å²) < 4.78 is 5.14. The lowest BCUT2D eigenvalue weighted by molar-refractivity contribution is 0.163. The molecule has 0 amide bonds. The van der Waals surface area contributed by atoms with Gasteiger partial charge in [0.1, 0.15) is 5.75 Å². The average Bonchev–Trinajstić information content (AvgIpc) is 2.59. The molecule has 0 unspecified atom stereocenters. The smallest absolute Gasteiger partial charge is 0.118 e. The van der Waals surface area contributed by atoms with E-state index in [0.717, 1.165) is 24.2 Å². The molecule has 0 radical (unpaired) electrons. The molecule has 0 aliphatic rings. The van der Waals surface area contributed by atoms with Crippen LogP contribution in [0.3, 0.4) is 0 Å². The van der Waals surface area contributed by atoms with Crippen LogP contribution in [0.2, 0.25) is 0 Å². The fourth-order valence-corrected chi connectivity index (χ4v) is 2.99. The van der Waals surface area contributed by atoms with E-state index in [1.807, 2.05) is 24.3 Å². The first-order chi connectivity index (χ1) is 11.3. The van der Waals surface area contributed by atoms with E-state index in [1.54, 1.807) is 7.11 Å². The van der Waals surface area contributed by atoms with Crippen molar-refractivity contribution in [2.45, 2.75) is 90.1 Å². The fourth-order valence-electron chi connectivity index (χ4n) is 2.99. The van der Waals surface area contributed by atoms with Crippen molar-refractivity contribution in [3.05, 3.63) is 29.8 Å². The van der Waals surface area contributed by atoms with Crippen molar-refractivity contribution in [2.24, 2.45) is 0 Å². The molecular weight excluding hydrogens is 284 g/mol. The SMILES string of the molecule is CCCCCCCCCCCCC[C@@H](O)c1ccc(OC)cc1. The number of unbranched alkanes of at least 4 members (excludes halogenated alkanes) is 10. The summed E-state index contributed by atoms with van der Waals surface area (Å²) in [4.78, 5) is 0. The Morgan fingerprint density at radius 2 is 1.26 bits per heavy atom. The number of aliphatic hydroxyl groups is 1. The summed E-state index contributed by atoms with van der Waals surface area (Å²) in [5, 5.41) is 10.2. The Hall–Kier alpha value is -1.02. The highest BCUT2D eigenvalue weighted by Crippen LogP contribution is 2.22. The highest BCUT2D eigenvalue weighted by molar-refractivity contribution is 5.28. The molecule has 2 heteroatoms. The average molecular weight is 321 g/mol. The number of methoxy groups -OCH3 is 1. The molecule has 0 saturated carbocycles. The van der Waals surface area contributed by atoms with E-state index in [2.05, 4.69) is 6.92 Å². The van der Waals surface area contributed by atoms with Gasteiger partial charge in [-0.15, -0.1) is 0 Å². The van der Waals surface area contributed by atoms with Crippen molar-refractivity contribution < 1.29 is 9.84 Å². The third kappa shape index (κ3) is 9.65. The van der Waals surface area contributed by atoms with Gasteiger partial charge in [-0.2, -0.15) is 0 Å². The van der Waals surface area contributed by atoms with Crippen LogP contribution in [0.15, 0.2) is 24.3 Å². The topological polar surface area (TPSA) is 29.5 Å². The van der Waals surface area contributed by atoms with Gasteiger partial charge in [-0.25, -0.2) is 0 Å². The van der Waals surface area contributed by atoms with Crippen LogP contribution in [0, 0.1) is 0 Å². The van der Waals surface area contributed by atoms with E-state index < -0.39 is 0 Å². The van der Waals surface area contributed by atoms with E-state index >= 15 is 0 Å². The maximum absolute atomic E-state index is 10.2. The molecule has 0 spiro atoms. The monoisotopic (exact) mass is 320 g/mol. The first kappa shape index (κ1) is 20.0. The second-order valence-electron chi connectivity index (χ2n) is 6.61. The minimum Gasteiger partial charge on any atom is -0.497 e. The zero-order valence-corrected chi connectivity index (χ0v) is 15.2. The lowest BCUT2D eigenvalue weighted by Crippen LogP contribution is -1.97. The molecule has 0 aromatic heterocycles. The van der Waals surface area contributed by atoms with Crippen LogP contribution < -0.4 is 4.74 Å². The van der Waals surface area contributed by atoms with Crippen molar-refractivity contribution in [1.29, 1.82) is 0 Å². The van der Waals surface area contributed by atoms with Gasteiger partial charge in [0.2, 0.25) is 0 Å². The van der Waals surface area contributed by atoms with Gasteiger partial charge in [0.05, 0.1) is 13.2 Å². The van der Waals surface area contributed by atoms with Crippen LogP contribution in [0.5, 0.6) is 5.75 Å². The molecule has 23 heavy (non-hydrogen) atoms. The van der Waals surface area contributed by atoms with E-state index in [4.69, 9.17) is 4.74 Å². The van der Waals surface area contributed by atoms with Crippen molar-refractivity contribution in [3.63, 3.8) is 0 Å². The largest absolute Gasteiger partial charge is 0.497 e. The van der Waals surface area contributed by atoms with Gasteiger partial charge in [-0.05, 0) is 24.1 Å². The maximum Gasteiger partial charge on any atom is 0.118 e. The third-order valence-corrected chi connectivity index (χ3v) is 4.58. The second-order valence-corrected chi connectivity index (χ2v) is 6.61. The summed E-state index contributed by atoms with van der Waals surface area (Å²) in [6.45, 7) is 2.27. The van der Waals surface area contributed by atoms with Crippen LogP contribution in [0.25, 0.3) is 0 Å². The summed E-state index contributed by atoms with van der Waals surface area (Å²) >= 11 is 0. The Morgan fingerprint density at radius 3 is 1.74 bits per heavy atom. The number of hydrogen-bond acceptors (Lipinski definition) is 2. The van der Waals surface area contributed by atoms with Gasteiger partial charge in [0.15, 0.2) is 0 Å². The predicted molar refractivity (Wildman–Crippen MR) is 99.0 cm³/mol. The lowest BCUT2D eigenvalue weighted by Gasteiger charge is -2.11. The van der Waals surface area contributed by atoms with Crippen LogP contribution >= 0.6 is 0 Å². The number of benzene rings is 1. The molecule has 1 aromatic carbocycles. The van der Waals surface area contributed by atoms with Gasteiger partial charge in [0.25, 0.3) is 0 Å². The van der Waals surface area contributed by atoms with E-state index in [1.165, 1.54) is 64.2 Å². The van der Waals surface area contributed by atoms with Gasteiger partial charge < -0.3 is 9.84 Å². The first-order valence-corrected chi connectivity index (χ1v) is 9.60.